The van der Waals surface area contributed by atoms with Gasteiger partial charge in [0.1, 0.15) is 17.5 Å². The van der Waals surface area contributed by atoms with Crippen molar-refractivity contribution in [2.75, 3.05) is 37.8 Å². The Morgan fingerprint density at radius 1 is 1.14 bits per heavy atom. The number of piperazine rings is 1. The van der Waals surface area contributed by atoms with E-state index in [9.17, 15) is 12.8 Å². The number of aryl methyl sites for hydroxylation is 2. The Labute approximate surface area is 219 Å². The van der Waals surface area contributed by atoms with Gasteiger partial charge < -0.3 is 9.88 Å². The van der Waals surface area contributed by atoms with Gasteiger partial charge in [0.05, 0.1) is 24.0 Å². The zero-order valence-electron chi connectivity index (χ0n) is 20.8. The topological polar surface area (TPSA) is 101 Å². The highest BCUT2D eigenvalue weighted by molar-refractivity contribution is 7.88. The van der Waals surface area contributed by atoms with E-state index in [4.69, 9.17) is 21.7 Å². The van der Waals surface area contributed by atoms with Crippen LogP contribution >= 0.6 is 11.6 Å². The van der Waals surface area contributed by atoms with Crippen LogP contribution in [0.3, 0.4) is 0 Å². The summed E-state index contributed by atoms with van der Waals surface area (Å²) < 4.78 is 43.6. The smallest absolute Gasteiger partial charge is 0.211 e. The first-order chi connectivity index (χ1) is 17.6. The number of halogens is 2. The molecule has 0 bridgehead atoms. The lowest BCUT2D eigenvalue weighted by Gasteiger charge is -2.33. The summed E-state index contributed by atoms with van der Waals surface area (Å²) in [7, 11) is -1.33. The van der Waals surface area contributed by atoms with E-state index in [-0.39, 0.29) is 5.82 Å². The van der Waals surface area contributed by atoms with E-state index in [2.05, 4.69) is 15.2 Å². The van der Waals surface area contributed by atoms with Gasteiger partial charge >= 0.3 is 0 Å². The summed E-state index contributed by atoms with van der Waals surface area (Å²) in [4.78, 5) is 11.4. The largest absolute Gasteiger partial charge is 0.338 e. The zero-order valence-corrected chi connectivity index (χ0v) is 22.4. The second-order valence-electron chi connectivity index (χ2n) is 9.33. The maximum absolute atomic E-state index is 14.6. The number of nitrogens with one attached hydrogen (secondary N) is 1. The second kappa shape index (κ2) is 10.0. The Morgan fingerprint density at radius 3 is 2.54 bits per heavy atom. The van der Waals surface area contributed by atoms with Crippen molar-refractivity contribution < 1.29 is 12.8 Å². The summed E-state index contributed by atoms with van der Waals surface area (Å²) >= 11 is 5.95. The summed E-state index contributed by atoms with van der Waals surface area (Å²) in [5, 5.41) is 8.36. The maximum Gasteiger partial charge on any atom is 0.211 e. The van der Waals surface area contributed by atoms with Gasteiger partial charge in [-0.2, -0.15) is 9.40 Å². The number of sulfonamides is 1. The van der Waals surface area contributed by atoms with E-state index < -0.39 is 10.0 Å². The number of anilines is 2. The van der Waals surface area contributed by atoms with Crippen molar-refractivity contribution in [2.24, 2.45) is 7.05 Å². The number of fused-ring (bicyclic) bond motifs is 1. The molecule has 5 rings (SSSR count). The van der Waals surface area contributed by atoms with E-state index in [1.54, 1.807) is 23.0 Å². The lowest BCUT2D eigenvalue weighted by Crippen LogP contribution is -2.48. The van der Waals surface area contributed by atoms with Gasteiger partial charge in [0.15, 0.2) is 5.65 Å². The van der Waals surface area contributed by atoms with Crippen LogP contribution in [0.5, 0.6) is 0 Å². The standard InChI is InChI=1S/C24H28ClFN8O2S/c1-16-20(10-17-4-5-18(25)11-21(17)26)24-29-22(28-23-14-31(2)15-27-23)12-19(34(24)30-16)13-32-6-8-33(9-7-32)37(3,35)36/h4-5,11-12,14-15H,6-10,13H2,1-3H3,(H,28,29). The van der Waals surface area contributed by atoms with Crippen LogP contribution in [-0.2, 0) is 30.0 Å². The molecule has 4 aromatic rings. The van der Waals surface area contributed by atoms with Gasteiger partial charge in [0.2, 0.25) is 10.0 Å². The minimum Gasteiger partial charge on any atom is -0.338 e. The fourth-order valence-electron chi connectivity index (χ4n) is 4.52. The minimum atomic E-state index is -3.21. The highest BCUT2D eigenvalue weighted by atomic mass is 35.5. The lowest BCUT2D eigenvalue weighted by atomic mass is 10.0. The Balaban J connectivity index is 1.51. The molecule has 0 unspecified atom stereocenters. The van der Waals surface area contributed by atoms with Crippen molar-refractivity contribution in [3.05, 3.63) is 70.1 Å². The molecule has 0 aliphatic carbocycles. The molecule has 1 aromatic carbocycles. The van der Waals surface area contributed by atoms with Gasteiger partial charge in [0.25, 0.3) is 0 Å². The average Bonchev–Trinajstić information content (AvgIpc) is 3.38. The molecule has 1 N–H and O–H groups in total. The summed E-state index contributed by atoms with van der Waals surface area (Å²) in [6, 6.07) is 6.58. The molecular formula is C24H28ClFN8O2S. The normalized spacial score (nSPS) is 15.5. The first-order valence-electron chi connectivity index (χ1n) is 11.8. The van der Waals surface area contributed by atoms with Crippen molar-refractivity contribution in [2.45, 2.75) is 19.9 Å². The quantitative estimate of drug-likeness (QED) is 0.380. The number of nitrogens with zero attached hydrogens (tertiary/aromatic N) is 7. The fourth-order valence-corrected chi connectivity index (χ4v) is 5.51. The Hall–Kier alpha value is -3.06. The first-order valence-corrected chi connectivity index (χ1v) is 14.0. The van der Waals surface area contributed by atoms with Crippen LogP contribution < -0.4 is 5.32 Å². The fraction of sp³-hybridized carbons (Fsp3) is 0.375. The molecule has 196 valence electrons. The monoisotopic (exact) mass is 546 g/mol. The van der Waals surface area contributed by atoms with Crippen LogP contribution in [0.2, 0.25) is 5.02 Å². The van der Waals surface area contributed by atoms with E-state index in [0.717, 1.165) is 17.0 Å². The summed E-state index contributed by atoms with van der Waals surface area (Å²) in [6.45, 7) is 4.50. The van der Waals surface area contributed by atoms with Crippen LogP contribution in [0.25, 0.3) is 5.65 Å². The van der Waals surface area contributed by atoms with Crippen LogP contribution in [0.15, 0.2) is 36.8 Å². The number of aromatic nitrogens is 5. The summed E-state index contributed by atoms with van der Waals surface area (Å²) in [6.07, 6.45) is 5.09. The van der Waals surface area contributed by atoms with E-state index in [1.807, 2.05) is 30.8 Å². The molecule has 1 aliphatic heterocycles. The third-order valence-electron chi connectivity index (χ3n) is 6.49. The molecule has 37 heavy (non-hydrogen) atoms. The first kappa shape index (κ1) is 25.6. The van der Waals surface area contributed by atoms with Crippen LogP contribution in [0.4, 0.5) is 16.0 Å². The maximum atomic E-state index is 14.6. The molecule has 1 saturated heterocycles. The van der Waals surface area contributed by atoms with Crippen molar-refractivity contribution >= 4 is 38.9 Å². The number of hydrogen-bond acceptors (Lipinski definition) is 7. The predicted octanol–water partition coefficient (Wildman–Crippen LogP) is 2.98. The van der Waals surface area contributed by atoms with Crippen molar-refractivity contribution in [1.82, 2.24) is 33.4 Å². The van der Waals surface area contributed by atoms with Crippen LogP contribution in [-0.4, -0.2) is 74.2 Å². The van der Waals surface area contributed by atoms with Gasteiger partial charge in [-0.05, 0) is 24.6 Å². The van der Waals surface area contributed by atoms with Gasteiger partial charge in [0, 0.05) is 69.0 Å². The third kappa shape index (κ3) is 5.61. The van der Waals surface area contributed by atoms with Crippen molar-refractivity contribution in [1.29, 1.82) is 0 Å². The number of rotatable bonds is 7. The molecule has 13 heteroatoms. The predicted molar refractivity (Wildman–Crippen MR) is 140 cm³/mol. The van der Waals surface area contributed by atoms with E-state index >= 15 is 0 Å². The third-order valence-corrected chi connectivity index (χ3v) is 8.03. The SMILES string of the molecule is Cc1nn2c(CN3CCN(S(C)(=O)=O)CC3)cc(Nc3cn(C)cn3)nc2c1Cc1ccc(Cl)cc1F. The molecule has 0 saturated carbocycles. The average molecular weight is 547 g/mol. The highest BCUT2D eigenvalue weighted by Gasteiger charge is 2.25. The van der Waals surface area contributed by atoms with Crippen molar-refractivity contribution in [3.63, 3.8) is 0 Å². The summed E-state index contributed by atoms with van der Waals surface area (Å²) in [5.41, 5.74) is 3.57. The Morgan fingerprint density at radius 2 is 1.89 bits per heavy atom. The van der Waals surface area contributed by atoms with Crippen molar-refractivity contribution in [3.8, 4) is 0 Å². The Kier molecular flexibility index (Phi) is 6.92. The van der Waals surface area contributed by atoms with Gasteiger partial charge in [-0.3, -0.25) is 4.90 Å². The molecule has 0 radical (unpaired) electrons. The van der Waals surface area contributed by atoms with Gasteiger partial charge in [-0.15, -0.1) is 0 Å². The molecule has 1 fully saturated rings. The lowest BCUT2D eigenvalue weighted by molar-refractivity contribution is 0.179. The Bertz CT molecular complexity index is 1560. The molecule has 0 amide bonds. The number of hydrogen-bond donors (Lipinski definition) is 1. The zero-order chi connectivity index (χ0) is 26.3. The summed E-state index contributed by atoms with van der Waals surface area (Å²) in [5.74, 6) is 0.861. The van der Waals surface area contributed by atoms with E-state index in [0.29, 0.717) is 67.0 Å². The molecule has 4 heterocycles. The molecule has 3 aromatic heterocycles. The molecule has 10 nitrogen and oxygen atoms in total. The number of imidazole rings is 1. The highest BCUT2D eigenvalue weighted by Crippen LogP contribution is 2.26. The second-order valence-corrected chi connectivity index (χ2v) is 11.8. The van der Waals surface area contributed by atoms with Gasteiger partial charge in [-0.25, -0.2) is 27.3 Å². The van der Waals surface area contributed by atoms with Crippen LogP contribution in [0, 0.1) is 12.7 Å². The molecule has 0 atom stereocenters. The minimum absolute atomic E-state index is 0.310. The van der Waals surface area contributed by atoms with Crippen LogP contribution in [0.1, 0.15) is 22.5 Å². The number of benzene rings is 1. The molecule has 0 spiro atoms. The van der Waals surface area contributed by atoms with Gasteiger partial charge in [-0.1, -0.05) is 17.7 Å². The van der Waals surface area contributed by atoms with E-state index in [1.165, 1.54) is 16.6 Å². The molecule has 1 aliphatic rings. The molecular weight excluding hydrogens is 519 g/mol.